The molecule has 0 fully saturated rings. The summed E-state index contributed by atoms with van der Waals surface area (Å²) < 4.78 is 2.21. The molecular weight excluding hydrogens is 222 g/mol. The maximum atomic E-state index is 6.11. The van der Waals surface area contributed by atoms with E-state index in [9.17, 15) is 0 Å². The molecule has 0 aliphatic carbocycles. The highest BCUT2D eigenvalue weighted by molar-refractivity contribution is 5.60. The predicted molar refractivity (Wildman–Crippen MR) is 73.3 cm³/mol. The first-order valence-corrected chi connectivity index (χ1v) is 6.55. The molecule has 0 saturated carbocycles. The summed E-state index contributed by atoms with van der Waals surface area (Å²) in [6, 6.07) is 6.60. The van der Waals surface area contributed by atoms with Gasteiger partial charge in [-0.25, -0.2) is 4.98 Å². The number of rotatable bonds is 1. The van der Waals surface area contributed by atoms with Gasteiger partial charge in [-0.15, -0.1) is 0 Å². The maximum Gasteiger partial charge on any atom is 0.126 e. The molecule has 18 heavy (non-hydrogen) atoms. The zero-order valence-electron chi connectivity index (χ0n) is 11.0. The van der Waals surface area contributed by atoms with Gasteiger partial charge in [0.25, 0.3) is 0 Å². The molecule has 94 valence electrons. The lowest BCUT2D eigenvalue weighted by Crippen LogP contribution is -2.21. The average Bonchev–Trinajstić information content (AvgIpc) is 2.78. The topological polar surface area (TPSA) is 43.8 Å². The van der Waals surface area contributed by atoms with Crippen LogP contribution in [0.5, 0.6) is 0 Å². The largest absolute Gasteiger partial charge is 0.333 e. The van der Waals surface area contributed by atoms with Crippen LogP contribution >= 0.6 is 0 Å². The zero-order valence-corrected chi connectivity index (χ0v) is 11.0. The van der Waals surface area contributed by atoms with Crippen LogP contribution < -0.4 is 5.73 Å². The molecule has 2 aromatic rings. The van der Waals surface area contributed by atoms with E-state index in [4.69, 9.17) is 10.7 Å². The second-order valence-electron chi connectivity index (χ2n) is 5.23. The van der Waals surface area contributed by atoms with Crippen molar-refractivity contribution < 1.29 is 0 Å². The first-order chi connectivity index (χ1) is 8.65. The Hall–Kier alpha value is -1.61. The van der Waals surface area contributed by atoms with Crippen molar-refractivity contribution in [2.75, 3.05) is 0 Å². The Labute approximate surface area is 108 Å². The number of hydrogen-bond donors (Lipinski definition) is 1. The molecule has 1 aliphatic rings. The average molecular weight is 241 g/mol. The van der Waals surface area contributed by atoms with Crippen LogP contribution in [0.1, 0.15) is 35.8 Å². The second-order valence-corrected chi connectivity index (χ2v) is 5.23. The molecule has 3 heteroatoms. The highest BCUT2D eigenvalue weighted by Crippen LogP contribution is 2.27. The van der Waals surface area contributed by atoms with E-state index >= 15 is 0 Å². The van der Waals surface area contributed by atoms with E-state index in [1.807, 2.05) is 0 Å². The fourth-order valence-corrected chi connectivity index (χ4v) is 2.56. The Balaban J connectivity index is 2.04. The monoisotopic (exact) mass is 241 g/mol. The van der Waals surface area contributed by atoms with Gasteiger partial charge >= 0.3 is 0 Å². The minimum Gasteiger partial charge on any atom is -0.333 e. The number of aryl methyl sites for hydroxylation is 3. The zero-order chi connectivity index (χ0) is 12.7. The first-order valence-electron chi connectivity index (χ1n) is 6.55. The smallest absolute Gasteiger partial charge is 0.126 e. The molecule has 0 saturated heterocycles. The lowest BCUT2D eigenvalue weighted by atomic mass is 10.0. The quantitative estimate of drug-likeness (QED) is 0.834. The van der Waals surface area contributed by atoms with Gasteiger partial charge in [0, 0.05) is 18.3 Å². The minimum atomic E-state index is 0.0963. The molecule has 1 aromatic heterocycles. The normalized spacial score (nSPS) is 18.7. The molecule has 0 amide bonds. The molecule has 3 nitrogen and oxygen atoms in total. The second kappa shape index (κ2) is 4.25. The number of nitrogens with zero attached hydrogens (tertiary/aromatic N) is 2. The van der Waals surface area contributed by atoms with Crippen LogP contribution in [-0.2, 0) is 6.54 Å². The van der Waals surface area contributed by atoms with Crippen molar-refractivity contribution in [3.05, 3.63) is 41.3 Å². The van der Waals surface area contributed by atoms with Gasteiger partial charge in [-0.1, -0.05) is 12.1 Å². The lowest BCUT2D eigenvalue weighted by Gasteiger charge is -2.19. The summed E-state index contributed by atoms with van der Waals surface area (Å²) in [5, 5.41) is 0. The SMILES string of the molecule is Cc1ccc(-c2cn3c(n2)C(N)CCC3)cc1C. The molecule has 1 aliphatic heterocycles. The summed E-state index contributed by atoms with van der Waals surface area (Å²) in [7, 11) is 0. The van der Waals surface area contributed by atoms with Crippen LogP contribution in [0.2, 0.25) is 0 Å². The highest BCUT2D eigenvalue weighted by Gasteiger charge is 2.20. The lowest BCUT2D eigenvalue weighted by molar-refractivity contribution is 0.451. The van der Waals surface area contributed by atoms with E-state index in [2.05, 4.69) is 42.8 Å². The Morgan fingerprint density at radius 1 is 1.28 bits per heavy atom. The summed E-state index contributed by atoms with van der Waals surface area (Å²) in [6.45, 7) is 5.31. The van der Waals surface area contributed by atoms with Crippen molar-refractivity contribution in [2.45, 2.75) is 39.3 Å². The molecule has 0 spiro atoms. The number of hydrogen-bond acceptors (Lipinski definition) is 2. The summed E-state index contributed by atoms with van der Waals surface area (Å²) in [5.74, 6) is 1.04. The van der Waals surface area contributed by atoms with E-state index in [-0.39, 0.29) is 6.04 Å². The van der Waals surface area contributed by atoms with E-state index < -0.39 is 0 Å². The van der Waals surface area contributed by atoms with Gasteiger partial charge < -0.3 is 10.3 Å². The molecule has 0 radical (unpaired) electrons. The van der Waals surface area contributed by atoms with Gasteiger partial charge in [-0.2, -0.15) is 0 Å². The summed E-state index contributed by atoms with van der Waals surface area (Å²) >= 11 is 0. The van der Waals surface area contributed by atoms with Crippen molar-refractivity contribution in [2.24, 2.45) is 5.73 Å². The Kier molecular flexibility index (Phi) is 2.71. The van der Waals surface area contributed by atoms with Gasteiger partial charge in [0.05, 0.1) is 11.7 Å². The van der Waals surface area contributed by atoms with Gasteiger partial charge in [-0.05, 0) is 43.9 Å². The molecule has 3 rings (SSSR count). The molecule has 1 atom stereocenters. The third kappa shape index (κ3) is 1.85. The minimum absolute atomic E-state index is 0.0963. The van der Waals surface area contributed by atoms with Crippen molar-refractivity contribution in [1.82, 2.24) is 9.55 Å². The van der Waals surface area contributed by atoms with Crippen LogP contribution in [-0.4, -0.2) is 9.55 Å². The first kappa shape index (κ1) is 11.5. The van der Waals surface area contributed by atoms with Gasteiger partial charge in [0.2, 0.25) is 0 Å². The van der Waals surface area contributed by atoms with E-state index in [1.54, 1.807) is 0 Å². The number of aromatic nitrogens is 2. The van der Waals surface area contributed by atoms with Crippen LogP contribution in [0.3, 0.4) is 0 Å². The van der Waals surface area contributed by atoms with Crippen LogP contribution in [0, 0.1) is 13.8 Å². The van der Waals surface area contributed by atoms with Gasteiger partial charge in [0.15, 0.2) is 0 Å². The van der Waals surface area contributed by atoms with Crippen molar-refractivity contribution in [3.63, 3.8) is 0 Å². The van der Waals surface area contributed by atoms with E-state index in [0.29, 0.717) is 0 Å². The standard InChI is InChI=1S/C15H19N3/c1-10-5-6-12(8-11(10)2)14-9-18-7-3-4-13(16)15(18)17-14/h5-6,8-9,13H,3-4,7,16H2,1-2H3. The molecule has 1 unspecified atom stereocenters. The number of benzene rings is 1. The fourth-order valence-electron chi connectivity index (χ4n) is 2.56. The highest BCUT2D eigenvalue weighted by atomic mass is 15.1. The molecule has 2 heterocycles. The van der Waals surface area contributed by atoms with Crippen molar-refractivity contribution >= 4 is 0 Å². The number of nitrogens with two attached hydrogens (primary N) is 1. The third-order valence-electron chi connectivity index (χ3n) is 3.86. The molecule has 1 aromatic carbocycles. The van der Waals surface area contributed by atoms with Crippen molar-refractivity contribution in [3.8, 4) is 11.3 Å². The van der Waals surface area contributed by atoms with Crippen LogP contribution in [0.15, 0.2) is 24.4 Å². The Morgan fingerprint density at radius 3 is 2.83 bits per heavy atom. The molecule has 2 N–H and O–H groups in total. The van der Waals surface area contributed by atoms with Gasteiger partial charge in [-0.3, -0.25) is 0 Å². The van der Waals surface area contributed by atoms with E-state index in [0.717, 1.165) is 30.9 Å². The molecular formula is C15H19N3. The van der Waals surface area contributed by atoms with Crippen LogP contribution in [0.25, 0.3) is 11.3 Å². The fraction of sp³-hybridized carbons (Fsp3) is 0.400. The van der Waals surface area contributed by atoms with Gasteiger partial charge in [0.1, 0.15) is 5.82 Å². The summed E-state index contributed by atoms with van der Waals surface area (Å²) in [5.41, 5.74) is 11.0. The van der Waals surface area contributed by atoms with Crippen LogP contribution in [0.4, 0.5) is 0 Å². The number of imidazole rings is 1. The maximum absolute atomic E-state index is 6.11. The summed E-state index contributed by atoms with van der Waals surface area (Å²) in [4.78, 5) is 4.71. The van der Waals surface area contributed by atoms with Crippen molar-refractivity contribution in [1.29, 1.82) is 0 Å². The Morgan fingerprint density at radius 2 is 2.11 bits per heavy atom. The van der Waals surface area contributed by atoms with E-state index in [1.165, 1.54) is 16.7 Å². The molecule has 0 bridgehead atoms. The third-order valence-corrected chi connectivity index (χ3v) is 3.86. The number of fused-ring (bicyclic) bond motifs is 1. The summed E-state index contributed by atoms with van der Waals surface area (Å²) in [6.07, 6.45) is 4.33. The predicted octanol–water partition coefficient (Wildman–Crippen LogP) is 2.96. The Bertz CT molecular complexity index is 583.